The highest BCUT2D eigenvalue weighted by atomic mass is 35.5. The monoisotopic (exact) mass is 304 g/mol. The Balaban J connectivity index is 1.99. The van der Waals surface area contributed by atoms with Gasteiger partial charge in [0.15, 0.2) is 0 Å². The smallest absolute Gasteiger partial charge is 0.127 e. The van der Waals surface area contributed by atoms with Crippen molar-refractivity contribution in [2.45, 2.75) is 58.4 Å². The highest BCUT2D eigenvalue weighted by Crippen LogP contribution is 2.33. The Morgan fingerprint density at radius 2 is 2.19 bits per heavy atom. The number of hydrogen-bond acceptors (Lipinski definition) is 1. The molecule has 3 rings (SSSR count). The molecule has 0 saturated heterocycles. The van der Waals surface area contributed by atoms with E-state index in [2.05, 4.69) is 36.6 Å². The van der Waals surface area contributed by atoms with Crippen molar-refractivity contribution < 1.29 is 0 Å². The van der Waals surface area contributed by atoms with Crippen molar-refractivity contribution in [3.63, 3.8) is 0 Å². The van der Waals surface area contributed by atoms with E-state index in [-0.39, 0.29) is 5.38 Å². The lowest BCUT2D eigenvalue weighted by Gasteiger charge is -2.28. The van der Waals surface area contributed by atoms with Crippen molar-refractivity contribution in [1.82, 2.24) is 9.55 Å². The van der Waals surface area contributed by atoms with Gasteiger partial charge in [-0.15, -0.1) is 11.6 Å². The normalized spacial score (nSPS) is 24.4. The average Bonchev–Trinajstić information content (AvgIpc) is 2.80. The predicted molar refractivity (Wildman–Crippen MR) is 89.9 cm³/mol. The number of fused-ring (bicyclic) bond motifs is 1. The van der Waals surface area contributed by atoms with E-state index < -0.39 is 0 Å². The number of alkyl halides is 1. The second kappa shape index (κ2) is 6.00. The molecule has 0 N–H and O–H groups in total. The van der Waals surface area contributed by atoms with Gasteiger partial charge in [0.25, 0.3) is 0 Å². The van der Waals surface area contributed by atoms with Gasteiger partial charge >= 0.3 is 0 Å². The van der Waals surface area contributed by atoms with Crippen LogP contribution in [0.4, 0.5) is 0 Å². The largest absolute Gasteiger partial charge is 0.326 e. The minimum absolute atomic E-state index is 0.0437. The first-order valence-corrected chi connectivity index (χ1v) is 8.59. The van der Waals surface area contributed by atoms with Crippen molar-refractivity contribution in [1.29, 1.82) is 0 Å². The fourth-order valence-corrected chi connectivity index (χ4v) is 3.95. The standard InChI is InChI=1S/C18H25ClN2/c1-12-6-4-8-15(10-12)11-21-16-9-5-7-13(2)17(16)20-18(21)14(3)19/h5,7,9,12,14-15H,4,6,8,10-11H2,1-3H3. The molecule has 1 aromatic heterocycles. The van der Waals surface area contributed by atoms with Gasteiger partial charge in [-0.1, -0.05) is 31.9 Å². The summed E-state index contributed by atoms with van der Waals surface area (Å²) >= 11 is 6.40. The van der Waals surface area contributed by atoms with E-state index in [1.165, 1.54) is 36.8 Å². The number of imidazole rings is 1. The first-order chi connectivity index (χ1) is 10.1. The molecular weight excluding hydrogens is 280 g/mol. The van der Waals surface area contributed by atoms with Crippen molar-refractivity contribution in [3.8, 4) is 0 Å². The van der Waals surface area contributed by atoms with Crippen LogP contribution in [-0.4, -0.2) is 9.55 Å². The zero-order valence-electron chi connectivity index (χ0n) is 13.3. The van der Waals surface area contributed by atoms with Crippen molar-refractivity contribution in [2.75, 3.05) is 0 Å². The van der Waals surface area contributed by atoms with E-state index in [4.69, 9.17) is 16.6 Å². The fraction of sp³-hybridized carbons (Fsp3) is 0.611. The van der Waals surface area contributed by atoms with E-state index in [1.54, 1.807) is 0 Å². The van der Waals surface area contributed by atoms with Crippen LogP contribution in [0.15, 0.2) is 18.2 Å². The first kappa shape index (κ1) is 14.9. The second-order valence-electron chi connectivity index (χ2n) is 6.78. The van der Waals surface area contributed by atoms with Gasteiger partial charge < -0.3 is 4.57 Å². The van der Waals surface area contributed by atoms with E-state index in [9.17, 15) is 0 Å². The molecule has 0 spiro atoms. The van der Waals surface area contributed by atoms with Crippen LogP contribution in [0.5, 0.6) is 0 Å². The lowest BCUT2D eigenvalue weighted by Crippen LogP contribution is -2.19. The van der Waals surface area contributed by atoms with E-state index in [1.807, 2.05) is 6.92 Å². The number of benzene rings is 1. The molecule has 0 amide bonds. The predicted octanol–water partition coefficient (Wildman–Crippen LogP) is 5.47. The summed E-state index contributed by atoms with van der Waals surface area (Å²) < 4.78 is 2.38. The maximum atomic E-state index is 6.40. The molecule has 1 aromatic carbocycles. The Morgan fingerprint density at radius 1 is 1.38 bits per heavy atom. The number of hydrogen-bond donors (Lipinski definition) is 0. The molecule has 1 aliphatic rings. The molecule has 1 fully saturated rings. The zero-order chi connectivity index (χ0) is 15.0. The van der Waals surface area contributed by atoms with Gasteiger partial charge in [-0.05, 0) is 50.2 Å². The molecule has 0 aliphatic heterocycles. The molecule has 0 radical (unpaired) electrons. The SMILES string of the molecule is Cc1cccc2c1nc(C(C)Cl)n2CC1CCCC(C)C1. The Hall–Kier alpha value is -1.02. The lowest BCUT2D eigenvalue weighted by molar-refractivity contribution is 0.257. The topological polar surface area (TPSA) is 17.8 Å². The Morgan fingerprint density at radius 3 is 2.90 bits per heavy atom. The first-order valence-electron chi connectivity index (χ1n) is 8.16. The summed E-state index contributed by atoms with van der Waals surface area (Å²) in [5, 5.41) is -0.0437. The maximum Gasteiger partial charge on any atom is 0.127 e. The molecule has 3 heteroatoms. The van der Waals surface area contributed by atoms with Crippen LogP contribution in [0.1, 0.15) is 56.3 Å². The Labute approximate surface area is 132 Å². The van der Waals surface area contributed by atoms with Crippen molar-refractivity contribution in [2.24, 2.45) is 11.8 Å². The number of aromatic nitrogens is 2. The second-order valence-corrected chi connectivity index (χ2v) is 7.43. The summed E-state index contributed by atoms with van der Waals surface area (Å²) in [6, 6.07) is 6.44. The number of rotatable bonds is 3. The third kappa shape index (κ3) is 2.96. The highest BCUT2D eigenvalue weighted by Gasteiger charge is 2.23. The van der Waals surface area contributed by atoms with E-state index in [0.717, 1.165) is 29.7 Å². The quantitative estimate of drug-likeness (QED) is 0.687. The average molecular weight is 305 g/mol. The summed E-state index contributed by atoms with van der Waals surface area (Å²) in [6.07, 6.45) is 5.43. The fourth-order valence-electron chi connectivity index (χ4n) is 3.78. The molecule has 2 nitrogen and oxygen atoms in total. The van der Waals surface area contributed by atoms with Crippen LogP contribution in [0.3, 0.4) is 0 Å². The van der Waals surface area contributed by atoms with Crippen molar-refractivity contribution >= 4 is 22.6 Å². The number of halogens is 1. The zero-order valence-corrected chi connectivity index (χ0v) is 14.0. The van der Waals surface area contributed by atoms with Gasteiger partial charge in [0, 0.05) is 6.54 Å². The van der Waals surface area contributed by atoms with Crippen LogP contribution < -0.4 is 0 Å². The van der Waals surface area contributed by atoms with Gasteiger partial charge in [0.1, 0.15) is 5.82 Å². The molecule has 1 aliphatic carbocycles. The van der Waals surface area contributed by atoms with Crippen LogP contribution in [0.25, 0.3) is 11.0 Å². The lowest BCUT2D eigenvalue weighted by atomic mass is 9.82. The molecule has 21 heavy (non-hydrogen) atoms. The molecule has 3 atom stereocenters. The van der Waals surface area contributed by atoms with Gasteiger partial charge in [-0.25, -0.2) is 4.98 Å². The summed E-state index contributed by atoms with van der Waals surface area (Å²) in [6.45, 7) is 7.60. The van der Waals surface area contributed by atoms with Gasteiger partial charge in [-0.3, -0.25) is 0 Å². The summed E-state index contributed by atoms with van der Waals surface area (Å²) in [5.74, 6) is 2.65. The minimum Gasteiger partial charge on any atom is -0.326 e. The van der Waals surface area contributed by atoms with Gasteiger partial charge in [0.05, 0.1) is 16.4 Å². The third-order valence-corrected chi connectivity index (χ3v) is 5.05. The molecule has 1 saturated carbocycles. The number of para-hydroxylation sites is 1. The molecule has 0 bridgehead atoms. The Bertz CT molecular complexity index is 629. The molecule has 3 unspecified atom stereocenters. The van der Waals surface area contributed by atoms with Gasteiger partial charge in [-0.2, -0.15) is 0 Å². The van der Waals surface area contributed by atoms with Crippen LogP contribution >= 0.6 is 11.6 Å². The minimum atomic E-state index is -0.0437. The highest BCUT2D eigenvalue weighted by molar-refractivity contribution is 6.20. The van der Waals surface area contributed by atoms with Crippen LogP contribution in [-0.2, 0) is 6.54 Å². The Kier molecular flexibility index (Phi) is 4.26. The van der Waals surface area contributed by atoms with Crippen LogP contribution in [0.2, 0.25) is 0 Å². The molecule has 2 aromatic rings. The van der Waals surface area contributed by atoms with E-state index >= 15 is 0 Å². The molecular formula is C18H25ClN2. The maximum absolute atomic E-state index is 6.40. The third-order valence-electron chi connectivity index (χ3n) is 4.85. The van der Waals surface area contributed by atoms with Gasteiger partial charge in [0.2, 0.25) is 0 Å². The molecule has 114 valence electrons. The number of nitrogens with zero attached hydrogens (tertiary/aromatic N) is 2. The van der Waals surface area contributed by atoms with Crippen molar-refractivity contribution in [3.05, 3.63) is 29.6 Å². The number of aryl methyl sites for hydroxylation is 1. The molecule has 1 heterocycles. The summed E-state index contributed by atoms with van der Waals surface area (Å²) in [4.78, 5) is 4.83. The summed E-state index contributed by atoms with van der Waals surface area (Å²) in [5.41, 5.74) is 3.60. The van der Waals surface area contributed by atoms with Crippen LogP contribution in [0, 0.1) is 18.8 Å². The summed E-state index contributed by atoms with van der Waals surface area (Å²) in [7, 11) is 0. The van der Waals surface area contributed by atoms with E-state index in [0.29, 0.717) is 0 Å².